The molecule has 8 aliphatic rings. The van der Waals surface area contributed by atoms with Gasteiger partial charge in [0.25, 0.3) is 0 Å². The maximum absolute atomic E-state index is 2.71. The van der Waals surface area contributed by atoms with E-state index in [1.807, 2.05) is 11.3 Å². The van der Waals surface area contributed by atoms with Crippen LogP contribution in [0.15, 0.2) is 127 Å². The molecule has 56 heavy (non-hydrogen) atoms. The third-order valence-corrected chi connectivity index (χ3v) is 18.1. The molecule has 274 valence electrons. The van der Waals surface area contributed by atoms with Crippen molar-refractivity contribution in [3.05, 3.63) is 150 Å². The third kappa shape index (κ3) is 3.88. The van der Waals surface area contributed by atoms with Crippen LogP contribution < -0.4 is 4.90 Å². The molecule has 8 unspecified atom stereocenters. The number of fused-ring (bicyclic) bond motifs is 15. The standard InChI is InChI=1S/C54H47NS/c1-4-10-47-41(7-1)43-20-17-38(28-49(43)53(47)31-33-14-15-35(53)25-33)55(40-19-22-46-45-9-3-6-12-51(45)56-52(46)30-40)39-18-21-44-42-8-2-5-11-48(42)54(50(44)29-39)36-16-13-32-23-34(26-36)27-37(54)24-32/h1-12,17-22,28-30,32-37H,13-16,23-27,31H2. The monoisotopic (exact) mass is 741 g/mol. The van der Waals surface area contributed by atoms with E-state index in [9.17, 15) is 0 Å². The molecule has 1 heterocycles. The Bertz CT molecular complexity index is 2800. The Hall–Kier alpha value is -4.66. The van der Waals surface area contributed by atoms with Crippen molar-refractivity contribution < 1.29 is 0 Å². The van der Waals surface area contributed by atoms with Gasteiger partial charge in [-0.3, -0.25) is 0 Å². The fourth-order valence-electron chi connectivity index (χ4n) is 15.2. The zero-order chi connectivity index (χ0) is 36.3. The van der Waals surface area contributed by atoms with E-state index in [0.29, 0.717) is 0 Å². The normalized spacial score (nSPS) is 31.0. The lowest BCUT2D eigenvalue weighted by Crippen LogP contribution is -2.48. The second kappa shape index (κ2) is 11.0. The maximum Gasteiger partial charge on any atom is 0.0476 e. The minimum atomic E-state index is 0.126. The van der Waals surface area contributed by atoms with Gasteiger partial charge < -0.3 is 4.90 Å². The van der Waals surface area contributed by atoms with Gasteiger partial charge in [-0.25, -0.2) is 0 Å². The molecule has 2 spiro atoms. The Labute approximate surface area is 334 Å². The predicted molar refractivity (Wildman–Crippen MR) is 234 cm³/mol. The summed E-state index contributed by atoms with van der Waals surface area (Å²) in [7, 11) is 0. The van der Waals surface area contributed by atoms with Gasteiger partial charge >= 0.3 is 0 Å². The second-order valence-corrected chi connectivity index (χ2v) is 20.3. The molecule has 6 bridgehead atoms. The molecule has 6 saturated carbocycles. The molecule has 15 rings (SSSR count). The summed E-state index contributed by atoms with van der Waals surface area (Å²) < 4.78 is 2.74. The molecule has 8 atom stereocenters. The first kappa shape index (κ1) is 31.4. The Morgan fingerprint density at radius 1 is 0.429 bits per heavy atom. The van der Waals surface area contributed by atoms with Crippen LogP contribution >= 0.6 is 11.3 Å². The van der Waals surface area contributed by atoms with Crippen LogP contribution in [0.3, 0.4) is 0 Å². The average Bonchev–Trinajstić information content (AvgIpc) is 4.03. The Balaban J connectivity index is 1.00. The maximum atomic E-state index is 2.71. The highest BCUT2D eigenvalue weighted by Gasteiger charge is 2.60. The number of benzene rings is 6. The molecular formula is C54H47NS. The second-order valence-electron chi connectivity index (χ2n) is 19.2. The van der Waals surface area contributed by atoms with E-state index in [1.165, 1.54) is 124 Å². The number of thiophene rings is 1. The minimum Gasteiger partial charge on any atom is -0.310 e. The van der Waals surface area contributed by atoms with Crippen molar-refractivity contribution in [1.29, 1.82) is 0 Å². The number of hydrogen-bond donors (Lipinski definition) is 0. The molecule has 0 N–H and O–H groups in total. The van der Waals surface area contributed by atoms with Crippen molar-refractivity contribution in [2.24, 2.45) is 35.5 Å². The molecule has 0 aliphatic heterocycles. The molecule has 8 aliphatic carbocycles. The first-order valence-corrected chi connectivity index (χ1v) is 22.7. The summed E-state index contributed by atoms with van der Waals surface area (Å²) in [5.74, 6) is 4.91. The van der Waals surface area contributed by atoms with Crippen LogP contribution in [0.2, 0.25) is 0 Å². The van der Waals surface area contributed by atoms with Crippen LogP contribution in [-0.2, 0) is 10.8 Å². The molecular weight excluding hydrogens is 695 g/mol. The van der Waals surface area contributed by atoms with Gasteiger partial charge in [-0.1, -0.05) is 97.8 Å². The highest BCUT2D eigenvalue weighted by molar-refractivity contribution is 7.25. The van der Waals surface area contributed by atoms with E-state index in [1.54, 1.807) is 22.3 Å². The Kier molecular flexibility index (Phi) is 6.20. The van der Waals surface area contributed by atoms with Gasteiger partial charge in [0, 0.05) is 48.1 Å². The van der Waals surface area contributed by atoms with Crippen LogP contribution in [0.5, 0.6) is 0 Å². The summed E-state index contributed by atoms with van der Waals surface area (Å²) in [4.78, 5) is 2.66. The molecule has 0 radical (unpaired) electrons. The van der Waals surface area contributed by atoms with E-state index in [2.05, 4.69) is 132 Å². The molecule has 1 aromatic heterocycles. The van der Waals surface area contributed by atoms with Gasteiger partial charge in [-0.05, 0) is 174 Å². The van der Waals surface area contributed by atoms with Gasteiger partial charge in [0.15, 0.2) is 0 Å². The predicted octanol–water partition coefficient (Wildman–Crippen LogP) is 14.7. The number of nitrogens with zero attached hydrogens (tertiary/aromatic N) is 1. The summed E-state index contributed by atoms with van der Waals surface area (Å²) in [5, 5.41) is 2.74. The molecule has 2 heteroatoms. The van der Waals surface area contributed by atoms with E-state index >= 15 is 0 Å². The topological polar surface area (TPSA) is 3.24 Å². The third-order valence-electron chi connectivity index (χ3n) is 17.0. The van der Waals surface area contributed by atoms with Gasteiger partial charge in [-0.15, -0.1) is 11.3 Å². The minimum absolute atomic E-state index is 0.126. The quantitative estimate of drug-likeness (QED) is 0.174. The fourth-order valence-corrected chi connectivity index (χ4v) is 16.4. The van der Waals surface area contributed by atoms with Gasteiger partial charge in [0.1, 0.15) is 0 Å². The zero-order valence-corrected chi connectivity index (χ0v) is 32.8. The Morgan fingerprint density at radius 2 is 1.04 bits per heavy atom. The van der Waals surface area contributed by atoms with E-state index in [-0.39, 0.29) is 10.8 Å². The summed E-state index contributed by atoms with van der Waals surface area (Å²) in [6.07, 6.45) is 14.0. The van der Waals surface area contributed by atoms with Crippen molar-refractivity contribution in [1.82, 2.24) is 0 Å². The van der Waals surface area contributed by atoms with E-state index < -0.39 is 0 Å². The lowest BCUT2D eigenvalue weighted by atomic mass is 9.51. The van der Waals surface area contributed by atoms with Crippen molar-refractivity contribution in [2.45, 2.75) is 75.0 Å². The van der Waals surface area contributed by atoms with Gasteiger partial charge in [0.05, 0.1) is 0 Å². The number of anilines is 3. The highest BCUT2D eigenvalue weighted by atomic mass is 32.1. The van der Waals surface area contributed by atoms with Gasteiger partial charge in [0.2, 0.25) is 0 Å². The number of rotatable bonds is 3. The average molecular weight is 742 g/mol. The lowest BCUT2D eigenvalue weighted by molar-refractivity contribution is 0.0618. The van der Waals surface area contributed by atoms with Crippen molar-refractivity contribution in [2.75, 3.05) is 4.90 Å². The van der Waals surface area contributed by atoms with Crippen molar-refractivity contribution in [3.63, 3.8) is 0 Å². The molecule has 6 fully saturated rings. The van der Waals surface area contributed by atoms with E-state index in [0.717, 1.165) is 35.5 Å². The largest absolute Gasteiger partial charge is 0.310 e. The highest BCUT2D eigenvalue weighted by Crippen LogP contribution is 2.69. The fraction of sp³-hybridized carbons (Fsp3) is 0.333. The Morgan fingerprint density at radius 3 is 1.88 bits per heavy atom. The molecule has 0 saturated heterocycles. The lowest BCUT2D eigenvalue weighted by Gasteiger charge is -2.53. The van der Waals surface area contributed by atoms with Crippen LogP contribution in [0.4, 0.5) is 17.1 Å². The molecule has 6 aromatic carbocycles. The first-order chi connectivity index (χ1) is 27.7. The van der Waals surface area contributed by atoms with E-state index in [4.69, 9.17) is 0 Å². The van der Waals surface area contributed by atoms with Crippen molar-refractivity contribution in [3.8, 4) is 22.3 Å². The van der Waals surface area contributed by atoms with Crippen LogP contribution in [-0.4, -0.2) is 0 Å². The van der Waals surface area contributed by atoms with Crippen LogP contribution in [0.1, 0.15) is 86.5 Å². The first-order valence-electron chi connectivity index (χ1n) is 21.9. The summed E-state index contributed by atoms with van der Waals surface area (Å²) in [5.41, 5.74) is 16.6. The van der Waals surface area contributed by atoms with Crippen LogP contribution in [0.25, 0.3) is 42.4 Å². The molecule has 7 aromatic rings. The summed E-state index contributed by atoms with van der Waals surface area (Å²) in [6.45, 7) is 0. The van der Waals surface area contributed by atoms with Crippen molar-refractivity contribution >= 4 is 48.6 Å². The molecule has 0 amide bonds. The van der Waals surface area contributed by atoms with Gasteiger partial charge in [-0.2, -0.15) is 0 Å². The summed E-state index contributed by atoms with van der Waals surface area (Å²) in [6, 6.07) is 50.7. The summed E-state index contributed by atoms with van der Waals surface area (Å²) >= 11 is 1.94. The zero-order valence-electron chi connectivity index (χ0n) is 32.0. The molecule has 1 nitrogen and oxygen atoms in total. The number of hydrogen-bond acceptors (Lipinski definition) is 2. The smallest absolute Gasteiger partial charge is 0.0476 e. The van der Waals surface area contributed by atoms with Crippen LogP contribution in [0, 0.1) is 35.5 Å². The SMILES string of the molecule is c1ccc2c(c1)-c1ccc(N(c3ccc4c(c3)C3(c5ccccc5-4)C4CCC5CC(C4)CC3C5)c3ccc4c(c3)sc3ccccc34)cc1C21CC2CCC1C2.